The number of aromatic nitrogens is 2. The molecule has 5 heteroatoms. The zero-order valence-electron chi connectivity index (χ0n) is 19.4. The van der Waals surface area contributed by atoms with Crippen LogP contribution in [0.2, 0.25) is 0 Å². The first-order valence-electron chi connectivity index (χ1n) is 11.2. The van der Waals surface area contributed by atoms with E-state index in [-0.39, 0.29) is 5.91 Å². The molecule has 34 heavy (non-hydrogen) atoms. The van der Waals surface area contributed by atoms with E-state index in [1.165, 1.54) is 10.8 Å². The predicted octanol–water partition coefficient (Wildman–Crippen LogP) is 6.45. The lowest BCUT2D eigenvalue weighted by Gasteiger charge is -2.18. The van der Waals surface area contributed by atoms with E-state index in [1.807, 2.05) is 61.6 Å². The van der Waals surface area contributed by atoms with Gasteiger partial charge in [0.05, 0.1) is 0 Å². The number of nitrogens with zero attached hydrogens (tertiary/aromatic N) is 3. The smallest absolute Gasteiger partial charge is 0.253 e. The van der Waals surface area contributed by atoms with Crippen LogP contribution in [0, 0.1) is 13.8 Å². The van der Waals surface area contributed by atoms with E-state index in [4.69, 9.17) is 4.42 Å². The summed E-state index contributed by atoms with van der Waals surface area (Å²) in [6.07, 6.45) is 0. The molecule has 0 atom stereocenters. The predicted molar refractivity (Wildman–Crippen MR) is 134 cm³/mol. The molecule has 0 saturated heterocycles. The second kappa shape index (κ2) is 8.94. The van der Waals surface area contributed by atoms with E-state index >= 15 is 0 Å². The zero-order valence-corrected chi connectivity index (χ0v) is 19.4. The fourth-order valence-electron chi connectivity index (χ4n) is 4.17. The van der Waals surface area contributed by atoms with Gasteiger partial charge in [0, 0.05) is 31.6 Å². The van der Waals surface area contributed by atoms with Crippen LogP contribution in [-0.4, -0.2) is 28.1 Å². The number of hydrogen-bond acceptors (Lipinski definition) is 4. The lowest BCUT2D eigenvalue weighted by atomic mass is 9.97. The Morgan fingerprint density at radius 1 is 0.824 bits per heavy atom. The van der Waals surface area contributed by atoms with Gasteiger partial charge in [-0.05, 0) is 70.3 Å². The third-order valence-corrected chi connectivity index (χ3v) is 6.03. The molecule has 0 radical (unpaired) electrons. The zero-order chi connectivity index (χ0) is 23.7. The molecule has 0 bridgehead atoms. The van der Waals surface area contributed by atoms with E-state index in [0.29, 0.717) is 23.9 Å². The highest BCUT2D eigenvalue weighted by molar-refractivity contribution is 5.94. The van der Waals surface area contributed by atoms with Crippen molar-refractivity contribution in [2.75, 3.05) is 7.05 Å². The quantitative estimate of drug-likeness (QED) is 0.311. The Labute approximate surface area is 198 Å². The highest BCUT2D eigenvalue weighted by Crippen LogP contribution is 2.29. The number of carbonyl (C=O) groups excluding carboxylic acids is 1. The van der Waals surface area contributed by atoms with Crippen molar-refractivity contribution < 1.29 is 9.21 Å². The standard InChI is InChI=1S/C29H25N3O2/c1-19-8-10-26(28-31-30-20(2)34-28)17-27(19)23-12-14-24(15-13-23)29(33)32(3)18-21-9-11-22-6-4-5-7-25(22)16-21/h4-17H,18H2,1-3H3. The van der Waals surface area contributed by atoms with Crippen LogP contribution in [0.4, 0.5) is 0 Å². The van der Waals surface area contributed by atoms with Gasteiger partial charge in [0.2, 0.25) is 11.8 Å². The van der Waals surface area contributed by atoms with Gasteiger partial charge in [0.25, 0.3) is 5.91 Å². The molecule has 0 saturated carbocycles. The third kappa shape index (κ3) is 4.33. The Bertz CT molecular complexity index is 1490. The highest BCUT2D eigenvalue weighted by Gasteiger charge is 2.14. The van der Waals surface area contributed by atoms with Crippen LogP contribution in [-0.2, 0) is 6.54 Å². The summed E-state index contributed by atoms with van der Waals surface area (Å²) in [7, 11) is 1.84. The number of aryl methyl sites for hydroxylation is 2. The molecule has 168 valence electrons. The number of rotatable bonds is 5. The van der Waals surface area contributed by atoms with Crippen molar-refractivity contribution >= 4 is 16.7 Å². The van der Waals surface area contributed by atoms with Gasteiger partial charge in [0.15, 0.2) is 0 Å². The first-order valence-corrected chi connectivity index (χ1v) is 11.2. The van der Waals surface area contributed by atoms with Crippen molar-refractivity contribution in [2.45, 2.75) is 20.4 Å². The summed E-state index contributed by atoms with van der Waals surface area (Å²) < 4.78 is 5.58. The van der Waals surface area contributed by atoms with Crippen LogP contribution in [0.15, 0.2) is 89.3 Å². The van der Waals surface area contributed by atoms with Crippen molar-refractivity contribution in [3.63, 3.8) is 0 Å². The maximum atomic E-state index is 13.1. The van der Waals surface area contributed by atoms with Gasteiger partial charge in [-0.15, -0.1) is 10.2 Å². The maximum Gasteiger partial charge on any atom is 0.253 e. The molecule has 0 aliphatic carbocycles. The van der Waals surface area contributed by atoms with Crippen molar-refractivity contribution in [1.82, 2.24) is 15.1 Å². The molecule has 0 unspecified atom stereocenters. The number of carbonyl (C=O) groups is 1. The van der Waals surface area contributed by atoms with Crippen LogP contribution < -0.4 is 0 Å². The summed E-state index contributed by atoms with van der Waals surface area (Å²) in [6.45, 7) is 4.39. The van der Waals surface area contributed by atoms with E-state index < -0.39 is 0 Å². The monoisotopic (exact) mass is 447 g/mol. The lowest BCUT2D eigenvalue weighted by molar-refractivity contribution is 0.0785. The number of benzene rings is 4. The van der Waals surface area contributed by atoms with Crippen LogP contribution in [0.1, 0.15) is 27.4 Å². The van der Waals surface area contributed by atoms with Crippen LogP contribution in [0.25, 0.3) is 33.4 Å². The summed E-state index contributed by atoms with van der Waals surface area (Å²) >= 11 is 0. The Kier molecular flexibility index (Phi) is 5.68. The van der Waals surface area contributed by atoms with Gasteiger partial charge in [-0.2, -0.15) is 0 Å². The fourth-order valence-corrected chi connectivity index (χ4v) is 4.17. The largest absolute Gasteiger partial charge is 0.421 e. The van der Waals surface area contributed by atoms with Gasteiger partial charge in [-0.1, -0.05) is 54.6 Å². The molecule has 1 heterocycles. The van der Waals surface area contributed by atoms with Gasteiger partial charge in [-0.3, -0.25) is 4.79 Å². The Balaban J connectivity index is 1.34. The van der Waals surface area contributed by atoms with Crippen molar-refractivity contribution in [3.8, 4) is 22.6 Å². The Hall–Kier alpha value is -4.25. The van der Waals surface area contributed by atoms with E-state index in [9.17, 15) is 4.79 Å². The van der Waals surface area contributed by atoms with Crippen LogP contribution >= 0.6 is 0 Å². The van der Waals surface area contributed by atoms with Gasteiger partial charge >= 0.3 is 0 Å². The second-order valence-electron chi connectivity index (χ2n) is 8.58. The molecule has 0 spiro atoms. The molecule has 0 aliphatic heterocycles. The summed E-state index contributed by atoms with van der Waals surface area (Å²) in [5.74, 6) is 1.03. The van der Waals surface area contributed by atoms with Crippen LogP contribution in [0.5, 0.6) is 0 Å². The average molecular weight is 448 g/mol. The second-order valence-corrected chi connectivity index (χ2v) is 8.58. The molecule has 1 amide bonds. The number of hydrogen-bond donors (Lipinski definition) is 0. The molecule has 0 N–H and O–H groups in total. The summed E-state index contributed by atoms with van der Waals surface area (Å²) in [6, 6.07) is 28.4. The first kappa shape index (κ1) is 21.6. The lowest BCUT2D eigenvalue weighted by Crippen LogP contribution is -2.26. The molecule has 5 rings (SSSR count). The first-order chi connectivity index (χ1) is 16.5. The van der Waals surface area contributed by atoms with E-state index in [1.54, 1.807) is 11.8 Å². The van der Waals surface area contributed by atoms with Gasteiger partial charge in [-0.25, -0.2) is 0 Å². The molecule has 0 aliphatic rings. The Morgan fingerprint density at radius 3 is 2.29 bits per heavy atom. The van der Waals surface area contributed by atoms with Gasteiger partial charge in [0.1, 0.15) is 0 Å². The molecular formula is C29H25N3O2. The molecule has 0 fully saturated rings. The highest BCUT2D eigenvalue weighted by atomic mass is 16.4. The minimum atomic E-state index is -0.00786. The number of amides is 1. The molecule has 1 aromatic heterocycles. The molecular weight excluding hydrogens is 422 g/mol. The normalized spacial score (nSPS) is 11.0. The summed E-state index contributed by atoms with van der Waals surface area (Å²) in [5.41, 5.74) is 5.87. The van der Waals surface area contributed by atoms with Crippen LogP contribution in [0.3, 0.4) is 0 Å². The summed E-state index contributed by atoms with van der Waals surface area (Å²) in [5, 5.41) is 10.4. The SMILES string of the molecule is Cc1nnc(-c2ccc(C)c(-c3ccc(C(=O)N(C)Cc4ccc5ccccc5c4)cc3)c2)o1. The maximum absolute atomic E-state index is 13.1. The van der Waals surface area contributed by atoms with Crippen molar-refractivity contribution in [3.05, 3.63) is 108 Å². The molecule has 5 aromatic rings. The fraction of sp³-hybridized carbons (Fsp3) is 0.138. The number of fused-ring (bicyclic) bond motifs is 1. The molecule has 4 aromatic carbocycles. The van der Waals surface area contributed by atoms with Gasteiger partial charge < -0.3 is 9.32 Å². The van der Waals surface area contributed by atoms with Crippen molar-refractivity contribution in [2.24, 2.45) is 0 Å². The summed E-state index contributed by atoms with van der Waals surface area (Å²) in [4.78, 5) is 14.8. The van der Waals surface area contributed by atoms with E-state index in [0.717, 1.165) is 27.8 Å². The third-order valence-electron chi connectivity index (χ3n) is 6.03. The van der Waals surface area contributed by atoms with Crippen molar-refractivity contribution in [1.29, 1.82) is 0 Å². The minimum Gasteiger partial charge on any atom is -0.421 e. The Morgan fingerprint density at radius 2 is 1.56 bits per heavy atom. The average Bonchev–Trinajstić information content (AvgIpc) is 3.30. The molecule has 5 nitrogen and oxygen atoms in total. The minimum absolute atomic E-state index is 0.00786. The topological polar surface area (TPSA) is 59.2 Å². The van der Waals surface area contributed by atoms with E-state index in [2.05, 4.69) is 47.5 Å².